The van der Waals surface area contributed by atoms with E-state index in [1.54, 1.807) is 17.1 Å². The number of hydrogen-bond acceptors (Lipinski definition) is 6. The average molecular weight is 496 g/mol. The molecule has 1 aromatic carbocycles. The first-order valence-electron chi connectivity index (χ1n) is 11.2. The Balaban J connectivity index is 1.38. The minimum Gasteiger partial charge on any atom is -0.323 e. The maximum absolute atomic E-state index is 13.1. The minimum atomic E-state index is -3.77. The molecular formula is C21H29N5O5S2. The van der Waals surface area contributed by atoms with E-state index in [1.807, 2.05) is 6.92 Å². The topological polar surface area (TPSA) is 122 Å². The van der Waals surface area contributed by atoms with Gasteiger partial charge < -0.3 is 5.32 Å². The molecule has 33 heavy (non-hydrogen) atoms. The molecule has 180 valence electrons. The second kappa shape index (κ2) is 9.53. The van der Waals surface area contributed by atoms with Gasteiger partial charge in [0.15, 0.2) is 0 Å². The monoisotopic (exact) mass is 495 g/mol. The Bertz CT molecular complexity index is 1190. The summed E-state index contributed by atoms with van der Waals surface area (Å²) in [5.74, 6) is -0.423. The molecule has 2 aliphatic heterocycles. The first kappa shape index (κ1) is 23.9. The van der Waals surface area contributed by atoms with Gasteiger partial charge in [-0.1, -0.05) is 0 Å². The number of sulfonamides is 2. The van der Waals surface area contributed by atoms with E-state index >= 15 is 0 Å². The molecule has 2 aliphatic rings. The SMILES string of the molecule is CCn1cc(NC(=O)C2CCN(S(=O)(=O)c3ccc(S(=O)(=O)N4CCCC4)cc3)CC2)cn1. The van der Waals surface area contributed by atoms with Crippen molar-refractivity contribution in [2.24, 2.45) is 5.92 Å². The van der Waals surface area contributed by atoms with Crippen LogP contribution in [0.3, 0.4) is 0 Å². The molecule has 3 heterocycles. The van der Waals surface area contributed by atoms with Gasteiger partial charge in [0.05, 0.1) is 21.7 Å². The lowest BCUT2D eigenvalue weighted by molar-refractivity contribution is -0.120. The van der Waals surface area contributed by atoms with Gasteiger partial charge in [-0.15, -0.1) is 0 Å². The average Bonchev–Trinajstić information content (AvgIpc) is 3.52. The van der Waals surface area contributed by atoms with Crippen LogP contribution >= 0.6 is 0 Å². The molecule has 0 spiro atoms. The van der Waals surface area contributed by atoms with Gasteiger partial charge in [-0.25, -0.2) is 16.8 Å². The number of nitrogens with one attached hydrogen (secondary N) is 1. The van der Waals surface area contributed by atoms with Gasteiger partial charge in [-0.3, -0.25) is 9.48 Å². The Morgan fingerprint density at radius 2 is 1.45 bits per heavy atom. The van der Waals surface area contributed by atoms with Gasteiger partial charge >= 0.3 is 0 Å². The van der Waals surface area contributed by atoms with Crippen molar-refractivity contribution in [2.75, 3.05) is 31.5 Å². The highest BCUT2D eigenvalue weighted by atomic mass is 32.2. The molecule has 1 N–H and O–H groups in total. The van der Waals surface area contributed by atoms with E-state index in [-0.39, 0.29) is 34.7 Å². The van der Waals surface area contributed by atoms with Crippen LogP contribution in [0, 0.1) is 5.92 Å². The maximum Gasteiger partial charge on any atom is 0.243 e. The van der Waals surface area contributed by atoms with E-state index in [2.05, 4.69) is 10.4 Å². The van der Waals surface area contributed by atoms with Crippen LogP contribution in [0.15, 0.2) is 46.5 Å². The highest BCUT2D eigenvalue weighted by Gasteiger charge is 2.33. The standard InChI is InChI=1S/C21H29N5O5S2/c1-2-24-16-18(15-22-24)23-21(27)17-9-13-26(14-10-17)33(30,31)20-7-5-19(6-8-20)32(28,29)25-11-3-4-12-25/h5-8,15-17H,2-4,9-14H2,1H3,(H,23,27). The third-order valence-electron chi connectivity index (χ3n) is 6.21. The number of benzene rings is 1. The van der Waals surface area contributed by atoms with Crippen LogP contribution in [0.1, 0.15) is 32.6 Å². The Morgan fingerprint density at radius 3 is 1.94 bits per heavy atom. The molecule has 2 fully saturated rings. The largest absolute Gasteiger partial charge is 0.323 e. The van der Waals surface area contributed by atoms with Crippen molar-refractivity contribution in [2.45, 2.75) is 48.9 Å². The van der Waals surface area contributed by atoms with E-state index < -0.39 is 20.0 Å². The van der Waals surface area contributed by atoms with E-state index in [4.69, 9.17) is 0 Å². The van der Waals surface area contributed by atoms with Gasteiger partial charge in [0, 0.05) is 44.8 Å². The van der Waals surface area contributed by atoms with E-state index in [1.165, 1.54) is 32.9 Å². The van der Waals surface area contributed by atoms with Crippen molar-refractivity contribution in [3.63, 3.8) is 0 Å². The normalized spacial score (nSPS) is 19.1. The van der Waals surface area contributed by atoms with Gasteiger partial charge in [0.1, 0.15) is 0 Å². The van der Waals surface area contributed by atoms with Crippen LogP contribution in [0.4, 0.5) is 5.69 Å². The molecule has 1 amide bonds. The summed E-state index contributed by atoms with van der Waals surface area (Å²) in [5.41, 5.74) is 0.626. The number of piperidine rings is 1. The zero-order valence-electron chi connectivity index (χ0n) is 18.6. The zero-order chi connectivity index (χ0) is 23.6. The number of rotatable bonds is 7. The molecule has 12 heteroatoms. The summed E-state index contributed by atoms with van der Waals surface area (Å²) in [7, 11) is -7.37. The van der Waals surface area contributed by atoms with Crippen molar-refractivity contribution < 1.29 is 21.6 Å². The van der Waals surface area contributed by atoms with E-state index in [0.717, 1.165) is 12.8 Å². The van der Waals surface area contributed by atoms with Crippen LogP contribution in [0.25, 0.3) is 0 Å². The first-order valence-corrected chi connectivity index (χ1v) is 14.0. The van der Waals surface area contributed by atoms with Crippen molar-refractivity contribution in [3.05, 3.63) is 36.7 Å². The summed E-state index contributed by atoms with van der Waals surface area (Å²) in [5, 5.41) is 6.97. The number of anilines is 1. The number of hydrogen-bond donors (Lipinski definition) is 1. The number of nitrogens with zero attached hydrogens (tertiary/aromatic N) is 4. The molecule has 0 radical (unpaired) electrons. The second-order valence-electron chi connectivity index (χ2n) is 8.33. The smallest absolute Gasteiger partial charge is 0.243 e. The number of aromatic nitrogens is 2. The lowest BCUT2D eigenvalue weighted by Crippen LogP contribution is -2.41. The van der Waals surface area contributed by atoms with Crippen molar-refractivity contribution in [1.29, 1.82) is 0 Å². The van der Waals surface area contributed by atoms with Crippen LogP contribution in [-0.2, 0) is 31.4 Å². The van der Waals surface area contributed by atoms with Crippen molar-refractivity contribution >= 4 is 31.6 Å². The highest BCUT2D eigenvalue weighted by Crippen LogP contribution is 2.27. The third kappa shape index (κ3) is 4.98. The van der Waals surface area contributed by atoms with Gasteiger partial charge in [-0.2, -0.15) is 13.7 Å². The Labute approximate surface area is 194 Å². The van der Waals surface area contributed by atoms with Crippen LogP contribution < -0.4 is 5.32 Å². The van der Waals surface area contributed by atoms with Gasteiger partial charge in [0.2, 0.25) is 26.0 Å². The zero-order valence-corrected chi connectivity index (χ0v) is 20.2. The second-order valence-corrected chi connectivity index (χ2v) is 12.2. The van der Waals surface area contributed by atoms with Crippen molar-refractivity contribution in [1.82, 2.24) is 18.4 Å². The molecule has 0 saturated carbocycles. The first-order chi connectivity index (χ1) is 15.7. The number of aryl methyl sites for hydroxylation is 1. The van der Waals surface area contributed by atoms with Crippen LogP contribution in [-0.4, -0.2) is 67.3 Å². The fourth-order valence-electron chi connectivity index (χ4n) is 4.21. The maximum atomic E-state index is 13.1. The molecule has 10 nitrogen and oxygen atoms in total. The molecular weight excluding hydrogens is 466 g/mol. The Morgan fingerprint density at radius 1 is 0.939 bits per heavy atom. The molecule has 1 aromatic heterocycles. The lowest BCUT2D eigenvalue weighted by Gasteiger charge is -2.30. The molecule has 0 unspecified atom stereocenters. The predicted octanol–water partition coefficient (Wildman–Crippen LogP) is 1.73. The van der Waals surface area contributed by atoms with E-state index in [0.29, 0.717) is 38.2 Å². The third-order valence-corrected chi connectivity index (χ3v) is 10.0. The molecule has 0 aliphatic carbocycles. The number of carbonyl (C=O) groups excluding carboxylic acids is 1. The Hall–Kier alpha value is -2.28. The molecule has 2 saturated heterocycles. The summed E-state index contributed by atoms with van der Waals surface area (Å²) in [6.45, 7) is 4.09. The fraction of sp³-hybridized carbons (Fsp3) is 0.524. The Kier molecular flexibility index (Phi) is 6.89. The summed E-state index contributed by atoms with van der Waals surface area (Å²) in [6, 6.07) is 5.42. The van der Waals surface area contributed by atoms with Gasteiger partial charge in [0.25, 0.3) is 0 Å². The van der Waals surface area contributed by atoms with E-state index in [9.17, 15) is 21.6 Å². The summed E-state index contributed by atoms with van der Waals surface area (Å²) in [6.07, 6.45) is 5.84. The quantitative estimate of drug-likeness (QED) is 0.624. The number of carbonyl (C=O) groups is 1. The minimum absolute atomic E-state index is 0.0535. The molecule has 4 rings (SSSR count). The molecule has 2 aromatic rings. The van der Waals surface area contributed by atoms with Crippen LogP contribution in [0.5, 0.6) is 0 Å². The summed E-state index contributed by atoms with van der Waals surface area (Å²) in [4.78, 5) is 12.7. The number of amides is 1. The molecule has 0 bridgehead atoms. The van der Waals surface area contributed by atoms with Crippen LogP contribution in [0.2, 0.25) is 0 Å². The molecule has 0 atom stereocenters. The predicted molar refractivity (Wildman–Crippen MR) is 122 cm³/mol. The van der Waals surface area contributed by atoms with Crippen molar-refractivity contribution in [3.8, 4) is 0 Å². The highest BCUT2D eigenvalue weighted by molar-refractivity contribution is 7.89. The lowest BCUT2D eigenvalue weighted by atomic mass is 9.97. The summed E-state index contributed by atoms with van der Waals surface area (Å²) >= 11 is 0. The summed E-state index contributed by atoms with van der Waals surface area (Å²) < 4.78 is 56.0. The fourth-order valence-corrected chi connectivity index (χ4v) is 7.20. The van der Waals surface area contributed by atoms with Gasteiger partial charge in [-0.05, 0) is 56.9 Å².